The summed E-state index contributed by atoms with van der Waals surface area (Å²) in [6.07, 6.45) is 1.07. The van der Waals surface area contributed by atoms with E-state index in [0.717, 1.165) is 10.9 Å². The molecular weight excluding hydrogens is 303 g/mol. The van der Waals surface area contributed by atoms with Crippen LogP contribution in [0.1, 0.15) is 18.9 Å². The van der Waals surface area contributed by atoms with Crippen molar-refractivity contribution in [3.63, 3.8) is 0 Å². The molecule has 0 N–H and O–H groups in total. The maximum absolute atomic E-state index is 6.08. The van der Waals surface area contributed by atoms with Crippen molar-refractivity contribution in [1.82, 2.24) is 0 Å². The number of hydrogen-bond donors (Lipinski definition) is 0. The monoisotopic (exact) mass is 318 g/mol. The molecule has 1 fully saturated rings. The third-order valence-corrected chi connectivity index (χ3v) is 3.87. The van der Waals surface area contributed by atoms with Crippen LogP contribution in [0.3, 0.4) is 0 Å². The maximum atomic E-state index is 6.08. The summed E-state index contributed by atoms with van der Waals surface area (Å²) in [5.74, 6) is 0. The highest BCUT2D eigenvalue weighted by Gasteiger charge is 2.41. The summed E-state index contributed by atoms with van der Waals surface area (Å²) in [6, 6.07) is 8.14. The SMILES string of the molecule is CCOC1C(Cl)CC1OCc1ccc(Br)cc1. The van der Waals surface area contributed by atoms with Crippen molar-refractivity contribution in [2.45, 2.75) is 37.5 Å². The first-order valence-corrected chi connectivity index (χ1v) is 7.05. The van der Waals surface area contributed by atoms with Gasteiger partial charge in [0.15, 0.2) is 0 Å². The van der Waals surface area contributed by atoms with E-state index in [1.807, 2.05) is 19.1 Å². The molecule has 0 saturated heterocycles. The van der Waals surface area contributed by atoms with Gasteiger partial charge in [0.05, 0.1) is 18.1 Å². The fraction of sp³-hybridized carbons (Fsp3) is 0.538. The second-order valence-corrected chi connectivity index (χ2v) is 5.62. The molecule has 2 rings (SSSR count). The number of ether oxygens (including phenoxy) is 2. The minimum Gasteiger partial charge on any atom is -0.374 e. The van der Waals surface area contributed by atoms with E-state index in [2.05, 4.69) is 28.1 Å². The molecule has 1 aromatic carbocycles. The van der Waals surface area contributed by atoms with Crippen molar-refractivity contribution in [2.24, 2.45) is 0 Å². The lowest BCUT2D eigenvalue weighted by atomic mass is 9.91. The Balaban J connectivity index is 1.80. The van der Waals surface area contributed by atoms with Gasteiger partial charge in [-0.15, -0.1) is 11.6 Å². The summed E-state index contributed by atoms with van der Waals surface area (Å²) in [5.41, 5.74) is 1.17. The van der Waals surface area contributed by atoms with Gasteiger partial charge in [-0.1, -0.05) is 28.1 Å². The number of rotatable bonds is 5. The lowest BCUT2D eigenvalue weighted by molar-refractivity contribution is -0.127. The molecule has 0 aliphatic heterocycles. The molecule has 1 aromatic rings. The Bertz CT molecular complexity index is 355. The summed E-state index contributed by atoms with van der Waals surface area (Å²) in [4.78, 5) is 0. The van der Waals surface area contributed by atoms with E-state index in [4.69, 9.17) is 21.1 Å². The molecule has 0 radical (unpaired) electrons. The highest BCUT2D eigenvalue weighted by molar-refractivity contribution is 9.10. The normalized spacial score (nSPS) is 27.8. The van der Waals surface area contributed by atoms with Crippen molar-refractivity contribution in [3.8, 4) is 0 Å². The molecule has 94 valence electrons. The number of benzene rings is 1. The van der Waals surface area contributed by atoms with Gasteiger partial charge in [-0.3, -0.25) is 0 Å². The van der Waals surface area contributed by atoms with E-state index in [-0.39, 0.29) is 17.6 Å². The molecule has 1 aliphatic rings. The Morgan fingerprint density at radius 1 is 1.29 bits per heavy atom. The summed E-state index contributed by atoms with van der Waals surface area (Å²) in [7, 11) is 0. The van der Waals surface area contributed by atoms with Crippen LogP contribution in [0.15, 0.2) is 28.7 Å². The molecule has 0 aromatic heterocycles. The van der Waals surface area contributed by atoms with Crippen molar-refractivity contribution >= 4 is 27.5 Å². The van der Waals surface area contributed by atoms with Gasteiger partial charge in [0.25, 0.3) is 0 Å². The lowest BCUT2D eigenvalue weighted by Crippen LogP contribution is -2.50. The third-order valence-electron chi connectivity index (χ3n) is 2.92. The second kappa shape index (κ2) is 6.19. The predicted octanol–water partition coefficient (Wildman–Crippen LogP) is 3.75. The van der Waals surface area contributed by atoms with Crippen LogP contribution in [0, 0.1) is 0 Å². The zero-order valence-corrected chi connectivity index (χ0v) is 12.1. The Kier molecular flexibility index (Phi) is 4.86. The van der Waals surface area contributed by atoms with E-state index in [0.29, 0.717) is 13.2 Å². The van der Waals surface area contributed by atoms with Gasteiger partial charge in [0, 0.05) is 11.1 Å². The summed E-state index contributed by atoms with van der Waals surface area (Å²) < 4.78 is 12.4. The van der Waals surface area contributed by atoms with Crippen LogP contribution >= 0.6 is 27.5 Å². The number of alkyl halides is 1. The minimum absolute atomic E-state index is 0.0529. The van der Waals surface area contributed by atoms with Crippen LogP contribution in [0.4, 0.5) is 0 Å². The number of hydrogen-bond acceptors (Lipinski definition) is 2. The van der Waals surface area contributed by atoms with Crippen molar-refractivity contribution in [3.05, 3.63) is 34.3 Å². The molecule has 3 unspecified atom stereocenters. The van der Waals surface area contributed by atoms with E-state index < -0.39 is 0 Å². The third kappa shape index (κ3) is 3.44. The van der Waals surface area contributed by atoms with Gasteiger partial charge in [-0.25, -0.2) is 0 Å². The molecule has 17 heavy (non-hydrogen) atoms. The van der Waals surface area contributed by atoms with Crippen LogP contribution < -0.4 is 0 Å². The summed E-state index contributed by atoms with van der Waals surface area (Å²) in [5, 5.41) is 0.102. The zero-order chi connectivity index (χ0) is 12.3. The molecule has 0 heterocycles. The Labute approximate surface area is 115 Å². The Hall–Kier alpha value is -0.0900. The average Bonchev–Trinajstić information content (AvgIpc) is 2.33. The van der Waals surface area contributed by atoms with Crippen LogP contribution in [0.2, 0.25) is 0 Å². The minimum atomic E-state index is 0.0529. The molecule has 1 saturated carbocycles. The standard InChI is InChI=1S/C13H16BrClO2/c1-2-16-13-11(15)7-12(13)17-8-9-3-5-10(14)6-4-9/h3-6,11-13H,2,7-8H2,1H3. The first-order chi connectivity index (χ1) is 8.20. The maximum Gasteiger partial charge on any atom is 0.100 e. The highest BCUT2D eigenvalue weighted by atomic mass is 79.9. The molecule has 3 atom stereocenters. The fourth-order valence-corrected chi connectivity index (χ4v) is 2.55. The van der Waals surface area contributed by atoms with Crippen molar-refractivity contribution in [1.29, 1.82) is 0 Å². The van der Waals surface area contributed by atoms with Crippen LogP contribution in [-0.2, 0) is 16.1 Å². The Morgan fingerprint density at radius 2 is 2.00 bits per heavy atom. The molecular formula is C13H16BrClO2. The van der Waals surface area contributed by atoms with Crippen LogP contribution in [0.5, 0.6) is 0 Å². The Morgan fingerprint density at radius 3 is 2.59 bits per heavy atom. The molecule has 2 nitrogen and oxygen atoms in total. The number of halogens is 2. The first kappa shape index (κ1) is 13.3. The van der Waals surface area contributed by atoms with E-state index in [1.165, 1.54) is 5.56 Å². The topological polar surface area (TPSA) is 18.5 Å². The second-order valence-electron chi connectivity index (χ2n) is 4.15. The van der Waals surface area contributed by atoms with E-state index in [1.54, 1.807) is 0 Å². The predicted molar refractivity (Wildman–Crippen MR) is 72.4 cm³/mol. The largest absolute Gasteiger partial charge is 0.374 e. The molecule has 0 amide bonds. The summed E-state index contributed by atoms with van der Waals surface area (Å²) >= 11 is 9.49. The lowest BCUT2D eigenvalue weighted by Gasteiger charge is -2.40. The van der Waals surface area contributed by atoms with Gasteiger partial charge >= 0.3 is 0 Å². The quantitative estimate of drug-likeness (QED) is 0.770. The van der Waals surface area contributed by atoms with Crippen molar-refractivity contribution in [2.75, 3.05) is 6.61 Å². The first-order valence-electron chi connectivity index (χ1n) is 5.82. The van der Waals surface area contributed by atoms with Gasteiger partial charge in [0.2, 0.25) is 0 Å². The van der Waals surface area contributed by atoms with Gasteiger partial charge in [-0.05, 0) is 31.0 Å². The molecule has 0 bridgehead atoms. The van der Waals surface area contributed by atoms with E-state index >= 15 is 0 Å². The van der Waals surface area contributed by atoms with Crippen molar-refractivity contribution < 1.29 is 9.47 Å². The van der Waals surface area contributed by atoms with Gasteiger partial charge in [-0.2, -0.15) is 0 Å². The summed E-state index contributed by atoms with van der Waals surface area (Å²) in [6.45, 7) is 3.28. The van der Waals surface area contributed by atoms with Crippen LogP contribution in [0.25, 0.3) is 0 Å². The zero-order valence-electron chi connectivity index (χ0n) is 9.74. The van der Waals surface area contributed by atoms with Crippen LogP contribution in [-0.4, -0.2) is 24.2 Å². The molecule has 0 spiro atoms. The molecule has 1 aliphatic carbocycles. The highest BCUT2D eigenvalue weighted by Crippen LogP contribution is 2.32. The smallest absolute Gasteiger partial charge is 0.100 e. The fourth-order valence-electron chi connectivity index (χ4n) is 1.88. The van der Waals surface area contributed by atoms with E-state index in [9.17, 15) is 0 Å². The van der Waals surface area contributed by atoms with Gasteiger partial charge < -0.3 is 9.47 Å². The van der Waals surface area contributed by atoms with Gasteiger partial charge in [0.1, 0.15) is 6.10 Å². The molecule has 4 heteroatoms. The average molecular weight is 320 g/mol.